The van der Waals surface area contributed by atoms with Crippen molar-refractivity contribution in [3.8, 4) is 40.0 Å². The molecular weight excluding hydrogens is 418 g/mol. The minimum atomic E-state index is 0.551. The second-order valence-electron chi connectivity index (χ2n) is 8.01. The van der Waals surface area contributed by atoms with E-state index in [0.29, 0.717) is 5.56 Å². The molecule has 0 saturated carbocycles. The highest BCUT2D eigenvalue weighted by molar-refractivity contribution is 5.93. The van der Waals surface area contributed by atoms with E-state index in [1.807, 2.05) is 54.6 Å². The van der Waals surface area contributed by atoms with Gasteiger partial charge in [0.2, 0.25) is 0 Å². The zero-order chi connectivity index (χ0) is 22.9. The predicted octanol–water partition coefficient (Wildman–Crippen LogP) is 7.86. The summed E-state index contributed by atoms with van der Waals surface area (Å²) in [7, 11) is 0. The average Bonchev–Trinajstić information content (AvgIpc) is 2.92. The van der Waals surface area contributed by atoms with Gasteiger partial charge in [0.25, 0.3) is 0 Å². The van der Waals surface area contributed by atoms with Gasteiger partial charge in [-0.2, -0.15) is 5.26 Å². The number of hydrogen-bond acceptors (Lipinski definition) is 4. The highest BCUT2D eigenvalue weighted by atomic mass is 16.5. The summed E-state index contributed by atoms with van der Waals surface area (Å²) in [5.74, 6) is 1.65. The van der Waals surface area contributed by atoms with Gasteiger partial charge in [0.15, 0.2) is 11.5 Å². The van der Waals surface area contributed by atoms with Crippen LogP contribution in [0, 0.1) is 11.3 Å². The van der Waals surface area contributed by atoms with Gasteiger partial charge in [-0.25, -0.2) is 0 Å². The molecule has 0 saturated heterocycles. The molecule has 0 atom stereocenters. The molecular formula is C30H19N3O. The summed E-state index contributed by atoms with van der Waals surface area (Å²) in [6, 6.07) is 38.8. The third kappa shape index (κ3) is 3.37. The summed E-state index contributed by atoms with van der Waals surface area (Å²) >= 11 is 0. The van der Waals surface area contributed by atoms with E-state index in [4.69, 9.17) is 10.00 Å². The first-order valence-corrected chi connectivity index (χ1v) is 11.0. The molecule has 6 rings (SSSR count). The van der Waals surface area contributed by atoms with E-state index < -0.39 is 0 Å². The Morgan fingerprint density at radius 1 is 0.647 bits per heavy atom. The second-order valence-corrected chi connectivity index (χ2v) is 8.01. The van der Waals surface area contributed by atoms with Gasteiger partial charge in [0.05, 0.1) is 28.3 Å². The Morgan fingerprint density at radius 2 is 1.29 bits per heavy atom. The van der Waals surface area contributed by atoms with Crippen molar-refractivity contribution in [2.24, 2.45) is 0 Å². The maximum Gasteiger partial charge on any atom is 0.151 e. The molecule has 0 unspecified atom stereocenters. The molecule has 0 spiro atoms. The number of rotatable bonds is 3. The van der Waals surface area contributed by atoms with E-state index >= 15 is 0 Å². The van der Waals surface area contributed by atoms with Crippen LogP contribution in [0.25, 0.3) is 22.4 Å². The van der Waals surface area contributed by atoms with Gasteiger partial charge in [-0.1, -0.05) is 60.7 Å². The van der Waals surface area contributed by atoms with Crippen LogP contribution in [0.3, 0.4) is 0 Å². The van der Waals surface area contributed by atoms with Crippen molar-refractivity contribution in [1.29, 1.82) is 5.26 Å². The van der Waals surface area contributed by atoms with E-state index in [1.54, 1.807) is 12.3 Å². The van der Waals surface area contributed by atoms with Crippen LogP contribution >= 0.6 is 0 Å². The normalized spacial score (nSPS) is 11.7. The van der Waals surface area contributed by atoms with Crippen LogP contribution in [0.1, 0.15) is 5.56 Å². The van der Waals surface area contributed by atoms with Gasteiger partial charge in [-0.3, -0.25) is 4.98 Å². The number of para-hydroxylation sites is 5. The lowest BCUT2D eigenvalue weighted by Gasteiger charge is -2.34. The van der Waals surface area contributed by atoms with Gasteiger partial charge in [0.1, 0.15) is 6.07 Å². The number of anilines is 3. The Hall–Kier alpha value is -4.88. The van der Waals surface area contributed by atoms with Crippen LogP contribution in [0.2, 0.25) is 0 Å². The molecule has 2 heterocycles. The van der Waals surface area contributed by atoms with Crippen molar-refractivity contribution in [3.05, 3.63) is 121 Å². The number of pyridine rings is 1. The van der Waals surface area contributed by atoms with E-state index in [2.05, 4.69) is 64.5 Å². The molecule has 0 aliphatic carbocycles. The molecule has 4 aromatic carbocycles. The Bertz CT molecular complexity index is 1500. The molecule has 160 valence electrons. The largest absolute Gasteiger partial charge is 0.453 e. The van der Waals surface area contributed by atoms with E-state index in [1.165, 1.54) is 0 Å². The fourth-order valence-corrected chi connectivity index (χ4v) is 4.35. The van der Waals surface area contributed by atoms with Gasteiger partial charge in [-0.15, -0.1) is 0 Å². The van der Waals surface area contributed by atoms with Crippen molar-refractivity contribution in [2.75, 3.05) is 4.90 Å². The lowest BCUT2D eigenvalue weighted by atomic mass is 9.98. The number of nitrogens with zero attached hydrogens (tertiary/aromatic N) is 3. The first kappa shape index (κ1) is 19.8. The molecule has 1 aromatic heterocycles. The Labute approximate surface area is 198 Å². The molecule has 1 aliphatic heterocycles. The molecule has 4 nitrogen and oxygen atoms in total. The third-order valence-electron chi connectivity index (χ3n) is 5.94. The quantitative estimate of drug-likeness (QED) is 0.283. The standard InChI is InChI=1S/C30H19N3O/c31-19-21-16-17-25(32-20-21)23-9-7-8-22(18-23)24-10-1-2-11-26(24)33-27-12-3-5-14-29(27)34-30-15-6-4-13-28(30)33/h1-18,20H. The highest BCUT2D eigenvalue weighted by Crippen LogP contribution is 2.52. The lowest BCUT2D eigenvalue weighted by Crippen LogP contribution is -2.16. The first-order valence-electron chi connectivity index (χ1n) is 11.0. The van der Waals surface area contributed by atoms with Gasteiger partial charge in [0, 0.05) is 17.3 Å². The fourth-order valence-electron chi connectivity index (χ4n) is 4.35. The Kier molecular flexibility index (Phi) is 4.79. The molecule has 0 radical (unpaired) electrons. The molecule has 4 heteroatoms. The molecule has 0 amide bonds. The molecule has 5 aromatic rings. The maximum atomic E-state index is 9.08. The van der Waals surface area contributed by atoms with Crippen molar-refractivity contribution >= 4 is 17.1 Å². The number of ether oxygens (including phenoxy) is 1. The lowest BCUT2D eigenvalue weighted by molar-refractivity contribution is 0.477. The Balaban J connectivity index is 1.51. The number of aromatic nitrogens is 1. The third-order valence-corrected chi connectivity index (χ3v) is 5.94. The van der Waals surface area contributed by atoms with Crippen molar-refractivity contribution in [3.63, 3.8) is 0 Å². The SMILES string of the molecule is N#Cc1ccc(-c2cccc(-c3ccccc3N3c4ccccc4Oc4ccccc43)c2)nc1. The van der Waals surface area contributed by atoms with E-state index in [-0.39, 0.29) is 0 Å². The Morgan fingerprint density at radius 3 is 1.97 bits per heavy atom. The summed E-state index contributed by atoms with van der Waals surface area (Å²) in [4.78, 5) is 6.74. The number of benzene rings is 4. The number of hydrogen-bond donors (Lipinski definition) is 0. The van der Waals surface area contributed by atoms with Crippen molar-refractivity contribution < 1.29 is 4.74 Å². The number of nitriles is 1. The molecule has 0 fully saturated rings. The monoisotopic (exact) mass is 437 g/mol. The topological polar surface area (TPSA) is 49.2 Å². The molecule has 1 aliphatic rings. The van der Waals surface area contributed by atoms with E-state index in [9.17, 15) is 0 Å². The van der Waals surface area contributed by atoms with Crippen LogP contribution in [0.4, 0.5) is 17.1 Å². The van der Waals surface area contributed by atoms with Crippen LogP contribution in [0.15, 0.2) is 115 Å². The molecule has 0 N–H and O–H groups in total. The highest BCUT2D eigenvalue weighted by Gasteiger charge is 2.26. The summed E-state index contributed by atoms with van der Waals surface area (Å²) in [6.45, 7) is 0. The minimum absolute atomic E-state index is 0.551. The van der Waals surface area contributed by atoms with Gasteiger partial charge >= 0.3 is 0 Å². The van der Waals surface area contributed by atoms with Crippen LogP contribution < -0.4 is 9.64 Å². The summed E-state index contributed by atoms with van der Waals surface area (Å²) in [6.07, 6.45) is 1.61. The number of fused-ring (bicyclic) bond motifs is 2. The fraction of sp³-hybridized carbons (Fsp3) is 0. The summed E-state index contributed by atoms with van der Waals surface area (Å²) in [5, 5.41) is 9.08. The van der Waals surface area contributed by atoms with Gasteiger partial charge < -0.3 is 9.64 Å². The van der Waals surface area contributed by atoms with Crippen LogP contribution in [0.5, 0.6) is 11.5 Å². The zero-order valence-electron chi connectivity index (χ0n) is 18.2. The maximum absolute atomic E-state index is 9.08. The van der Waals surface area contributed by atoms with E-state index in [0.717, 1.165) is 50.9 Å². The molecule has 0 bridgehead atoms. The van der Waals surface area contributed by atoms with Crippen LogP contribution in [-0.4, -0.2) is 4.98 Å². The van der Waals surface area contributed by atoms with Crippen LogP contribution in [-0.2, 0) is 0 Å². The molecule has 34 heavy (non-hydrogen) atoms. The average molecular weight is 438 g/mol. The predicted molar refractivity (Wildman–Crippen MR) is 135 cm³/mol. The summed E-state index contributed by atoms with van der Waals surface area (Å²) in [5.41, 5.74) is 7.63. The first-order chi connectivity index (χ1) is 16.8. The zero-order valence-corrected chi connectivity index (χ0v) is 18.2. The smallest absolute Gasteiger partial charge is 0.151 e. The van der Waals surface area contributed by atoms with Gasteiger partial charge in [-0.05, 0) is 54.1 Å². The van der Waals surface area contributed by atoms with Crippen molar-refractivity contribution in [1.82, 2.24) is 4.98 Å². The van der Waals surface area contributed by atoms with Crippen molar-refractivity contribution in [2.45, 2.75) is 0 Å². The summed E-state index contributed by atoms with van der Waals surface area (Å²) < 4.78 is 6.20. The minimum Gasteiger partial charge on any atom is -0.453 e. The second kappa shape index (κ2) is 8.23.